The summed E-state index contributed by atoms with van der Waals surface area (Å²) in [5.74, 6) is 1.52. The van der Waals surface area contributed by atoms with E-state index < -0.39 is 0 Å². The van der Waals surface area contributed by atoms with Gasteiger partial charge in [0, 0.05) is 17.6 Å². The van der Waals surface area contributed by atoms with Crippen LogP contribution < -0.4 is 5.32 Å². The monoisotopic (exact) mass is 292 g/mol. The van der Waals surface area contributed by atoms with Crippen molar-refractivity contribution in [3.8, 4) is 0 Å². The molecule has 1 aliphatic carbocycles. The zero-order chi connectivity index (χ0) is 13.9. The smallest absolute Gasteiger partial charge is 0.0440 e. The highest BCUT2D eigenvalue weighted by atomic mass is 35.5. The minimum absolute atomic E-state index is 0.664. The molecule has 1 saturated heterocycles. The van der Waals surface area contributed by atoms with Gasteiger partial charge in [0.05, 0.1) is 0 Å². The van der Waals surface area contributed by atoms with E-state index in [9.17, 15) is 0 Å². The van der Waals surface area contributed by atoms with Crippen molar-refractivity contribution in [2.24, 2.45) is 5.92 Å². The molecule has 20 heavy (non-hydrogen) atoms. The normalized spacial score (nSPS) is 30.4. The van der Waals surface area contributed by atoms with E-state index in [0.717, 1.165) is 10.9 Å². The lowest BCUT2D eigenvalue weighted by atomic mass is 9.75. The third-order valence-corrected chi connectivity index (χ3v) is 5.34. The first-order valence-electron chi connectivity index (χ1n) is 7.96. The van der Waals surface area contributed by atoms with Crippen molar-refractivity contribution in [3.05, 3.63) is 34.9 Å². The Morgan fingerprint density at radius 1 is 1.30 bits per heavy atom. The Bertz CT molecular complexity index is 442. The number of nitrogens with zero attached hydrogens (tertiary/aromatic N) is 1. The van der Waals surface area contributed by atoms with E-state index in [1.54, 1.807) is 0 Å². The summed E-state index contributed by atoms with van der Waals surface area (Å²) in [5.41, 5.74) is 1.34. The average molecular weight is 293 g/mol. The summed E-state index contributed by atoms with van der Waals surface area (Å²) in [4.78, 5) is 2.56. The summed E-state index contributed by atoms with van der Waals surface area (Å²) in [6.45, 7) is 7.22. The molecule has 3 rings (SSSR count). The second-order valence-corrected chi connectivity index (χ2v) is 6.75. The van der Waals surface area contributed by atoms with Crippen LogP contribution in [-0.2, 0) is 0 Å². The summed E-state index contributed by atoms with van der Waals surface area (Å²) < 4.78 is 0. The van der Waals surface area contributed by atoms with E-state index in [0.29, 0.717) is 12.0 Å². The first-order valence-corrected chi connectivity index (χ1v) is 8.34. The van der Waals surface area contributed by atoms with E-state index in [2.05, 4.69) is 29.3 Å². The minimum Gasteiger partial charge on any atom is -0.314 e. The molecule has 3 heteroatoms. The van der Waals surface area contributed by atoms with Gasteiger partial charge in [-0.05, 0) is 62.4 Å². The molecule has 0 spiro atoms. The highest BCUT2D eigenvalue weighted by Crippen LogP contribution is 2.39. The zero-order valence-corrected chi connectivity index (χ0v) is 13.1. The Labute approximate surface area is 127 Å². The van der Waals surface area contributed by atoms with Crippen LogP contribution in [0.15, 0.2) is 24.3 Å². The van der Waals surface area contributed by atoms with Crippen LogP contribution in [0.4, 0.5) is 0 Å². The van der Waals surface area contributed by atoms with Crippen LogP contribution in [-0.4, -0.2) is 37.1 Å². The SMILES string of the molecule is CCN1CCC(CNC2CC(c3ccccc3Cl)C2)C1. The zero-order valence-electron chi connectivity index (χ0n) is 12.3. The van der Waals surface area contributed by atoms with E-state index in [1.165, 1.54) is 51.0 Å². The molecule has 0 bridgehead atoms. The Kier molecular flexibility index (Phi) is 4.65. The van der Waals surface area contributed by atoms with Gasteiger partial charge in [0.25, 0.3) is 0 Å². The summed E-state index contributed by atoms with van der Waals surface area (Å²) in [6.07, 6.45) is 3.85. The van der Waals surface area contributed by atoms with E-state index in [-0.39, 0.29) is 0 Å². The average Bonchev–Trinajstić information content (AvgIpc) is 2.87. The molecule has 2 fully saturated rings. The van der Waals surface area contributed by atoms with Gasteiger partial charge in [-0.25, -0.2) is 0 Å². The Morgan fingerprint density at radius 2 is 2.10 bits per heavy atom. The van der Waals surface area contributed by atoms with Gasteiger partial charge >= 0.3 is 0 Å². The maximum Gasteiger partial charge on any atom is 0.0440 e. The van der Waals surface area contributed by atoms with Crippen molar-refractivity contribution in [1.82, 2.24) is 10.2 Å². The molecule has 1 unspecified atom stereocenters. The lowest BCUT2D eigenvalue weighted by molar-refractivity contribution is 0.271. The lowest BCUT2D eigenvalue weighted by Gasteiger charge is -2.37. The van der Waals surface area contributed by atoms with Crippen LogP contribution in [0.5, 0.6) is 0 Å². The number of nitrogens with one attached hydrogen (secondary N) is 1. The second-order valence-electron chi connectivity index (χ2n) is 6.34. The second kappa shape index (κ2) is 6.46. The number of hydrogen-bond acceptors (Lipinski definition) is 2. The van der Waals surface area contributed by atoms with Crippen LogP contribution >= 0.6 is 11.6 Å². The van der Waals surface area contributed by atoms with E-state index >= 15 is 0 Å². The van der Waals surface area contributed by atoms with Crippen molar-refractivity contribution < 1.29 is 0 Å². The summed E-state index contributed by atoms with van der Waals surface area (Å²) in [6, 6.07) is 9.00. The lowest BCUT2D eigenvalue weighted by Crippen LogP contribution is -2.42. The molecule has 1 heterocycles. The molecule has 1 atom stereocenters. The first-order chi connectivity index (χ1) is 9.76. The van der Waals surface area contributed by atoms with Crippen LogP contribution in [0.2, 0.25) is 5.02 Å². The fourth-order valence-electron chi connectivity index (χ4n) is 3.54. The third kappa shape index (κ3) is 3.19. The molecular formula is C17H25ClN2. The molecule has 1 N–H and O–H groups in total. The number of halogens is 1. The molecule has 110 valence electrons. The van der Waals surface area contributed by atoms with Gasteiger partial charge in [-0.1, -0.05) is 36.7 Å². The number of likely N-dealkylation sites (tertiary alicyclic amines) is 1. The highest BCUT2D eigenvalue weighted by molar-refractivity contribution is 6.31. The summed E-state index contributed by atoms with van der Waals surface area (Å²) >= 11 is 6.27. The maximum absolute atomic E-state index is 6.27. The van der Waals surface area contributed by atoms with Crippen molar-refractivity contribution in [3.63, 3.8) is 0 Å². The largest absolute Gasteiger partial charge is 0.314 e. The fourth-order valence-corrected chi connectivity index (χ4v) is 3.83. The molecule has 1 saturated carbocycles. The van der Waals surface area contributed by atoms with Gasteiger partial charge < -0.3 is 10.2 Å². The van der Waals surface area contributed by atoms with Gasteiger partial charge in [-0.2, -0.15) is 0 Å². The van der Waals surface area contributed by atoms with Gasteiger partial charge in [-0.3, -0.25) is 0 Å². The predicted octanol–water partition coefficient (Wildman–Crippen LogP) is 3.52. The van der Waals surface area contributed by atoms with Crippen molar-refractivity contribution in [2.45, 2.75) is 38.1 Å². The van der Waals surface area contributed by atoms with Crippen LogP contribution in [0.1, 0.15) is 37.7 Å². The van der Waals surface area contributed by atoms with Gasteiger partial charge in [0.1, 0.15) is 0 Å². The number of benzene rings is 1. The quantitative estimate of drug-likeness (QED) is 0.893. The van der Waals surface area contributed by atoms with Crippen LogP contribution in [0.3, 0.4) is 0 Å². The van der Waals surface area contributed by atoms with Gasteiger partial charge in [-0.15, -0.1) is 0 Å². The van der Waals surface area contributed by atoms with E-state index in [1.807, 2.05) is 12.1 Å². The van der Waals surface area contributed by atoms with Crippen molar-refractivity contribution in [2.75, 3.05) is 26.2 Å². The number of rotatable bonds is 5. The Balaban J connectivity index is 1.40. The molecule has 0 amide bonds. The molecule has 0 radical (unpaired) electrons. The number of hydrogen-bond donors (Lipinski definition) is 1. The molecule has 1 aromatic rings. The molecule has 2 aliphatic rings. The topological polar surface area (TPSA) is 15.3 Å². The molecule has 1 aromatic carbocycles. The summed E-state index contributed by atoms with van der Waals surface area (Å²) in [7, 11) is 0. The Morgan fingerprint density at radius 3 is 2.80 bits per heavy atom. The minimum atomic E-state index is 0.664. The molecule has 2 nitrogen and oxygen atoms in total. The van der Waals surface area contributed by atoms with Gasteiger partial charge in [0.2, 0.25) is 0 Å². The third-order valence-electron chi connectivity index (χ3n) is 5.00. The van der Waals surface area contributed by atoms with Gasteiger partial charge in [0.15, 0.2) is 0 Å². The van der Waals surface area contributed by atoms with Crippen LogP contribution in [0.25, 0.3) is 0 Å². The van der Waals surface area contributed by atoms with E-state index in [4.69, 9.17) is 11.6 Å². The molecule has 0 aromatic heterocycles. The van der Waals surface area contributed by atoms with Crippen LogP contribution in [0, 0.1) is 5.92 Å². The first kappa shape index (κ1) is 14.4. The summed E-state index contributed by atoms with van der Waals surface area (Å²) in [5, 5.41) is 4.69. The standard InChI is InChI=1S/C17H25ClN2/c1-2-20-8-7-13(12-20)11-19-15-9-14(10-15)16-5-3-4-6-17(16)18/h3-6,13-15,19H,2,7-12H2,1H3. The highest BCUT2D eigenvalue weighted by Gasteiger charge is 2.32. The predicted molar refractivity (Wildman–Crippen MR) is 85.4 cm³/mol. The molecule has 1 aliphatic heterocycles. The fraction of sp³-hybridized carbons (Fsp3) is 0.647. The maximum atomic E-state index is 6.27. The Hall–Kier alpha value is -0.570. The van der Waals surface area contributed by atoms with Crippen molar-refractivity contribution in [1.29, 1.82) is 0 Å². The van der Waals surface area contributed by atoms with Crippen molar-refractivity contribution >= 4 is 11.6 Å². The molecular weight excluding hydrogens is 268 g/mol.